The van der Waals surface area contributed by atoms with E-state index in [4.69, 9.17) is 15.7 Å². The van der Waals surface area contributed by atoms with Gasteiger partial charge in [0.05, 0.1) is 11.6 Å². The van der Waals surface area contributed by atoms with Gasteiger partial charge in [-0.2, -0.15) is 10.4 Å². The van der Waals surface area contributed by atoms with Gasteiger partial charge in [-0.3, -0.25) is 9.78 Å². The van der Waals surface area contributed by atoms with Gasteiger partial charge in [-0.05, 0) is 48.2 Å². The van der Waals surface area contributed by atoms with Crippen molar-refractivity contribution in [2.75, 3.05) is 13.1 Å². The van der Waals surface area contributed by atoms with Crippen LogP contribution in [0.4, 0.5) is 0 Å². The van der Waals surface area contributed by atoms with Crippen molar-refractivity contribution in [3.8, 4) is 6.07 Å². The van der Waals surface area contributed by atoms with Crippen molar-refractivity contribution < 1.29 is 9.53 Å². The Balaban J connectivity index is 1.64. The number of carbonyl (C=O) groups excluding carboxylic acids is 1. The summed E-state index contributed by atoms with van der Waals surface area (Å²) in [6, 6.07) is 12.6. The standard InChI is InChI=1S/C22H22N6O2/c23-13-16-3-5-18(6-4-16)22(21(29)28-11-1-2-19(24)14-28)12-20(26-27-22)30-15-17-7-9-25-10-8-17/h3-10,12,19H,1-2,11,14-15,24H2/t19-,22?/m1/s1. The molecule has 0 spiro atoms. The van der Waals surface area contributed by atoms with Gasteiger partial charge in [0.1, 0.15) is 6.61 Å². The minimum Gasteiger partial charge on any atom is -0.472 e. The first-order valence-corrected chi connectivity index (χ1v) is 9.84. The highest BCUT2D eigenvalue weighted by Crippen LogP contribution is 2.37. The second-order valence-corrected chi connectivity index (χ2v) is 7.44. The van der Waals surface area contributed by atoms with Crippen molar-refractivity contribution in [2.24, 2.45) is 16.0 Å². The highest BCUT2D eigenvalue weighted by Gasteiger charge is 2.46. The maximum Gasteiger partial charge on any atom is 0.261 e. The first-order valence-electron chi connectivity index (χ1n) is 9.84. The fourth-order valence-corrected chi connectivity index (χ4v) is 3.67. The number of benzene rings is 1. The first kappa shape index (κ1) is 19.7. The fourth-order valence-electron chi connectivity index (χ4n) is 3.67. The average Bonchev–Trinajstić information content (AvgIpc) is 3.23. The monoisotopic (exact) mass is 402 g/mol. The number of nitrogens with two attached hydrogens (primary N) is 1. The molecule has 3 heterocycles. The van der Waals surface area contributed by atoms with Crippen LogP contribution in [0.1, 0.15) is 29.5 Å². The number of azo groups is 1. The predicted octanol–water partition coefficient (Wildman–Crippen LogP) is 2.62. The highest BCUT2D eigenvalue weighted by molar-refractivity contribution is 5.91. The van der Waals surface area contributed by atoms with Gasteiger partial charge in [-0.1, -0.05) is 12.1 Å². The van der Waals surface area contributed by atoms with Crippen molar-refractivity contribution in [1.29, 1.82) is 5.26 Å². The summed E-state index contributed by atoms with van der Waals surface area (Å²) in [4.78, 5) is 19.3. The summed E-state index contributed by atoms with van der Waals surface area (Å²) >= 11 is 0. The second kappa shape index (κ2) is 8.43. The van der Waals surface area contributed by atoms with E-state index < -0.39 is 5.54 Å². The molecule has 30 heavy (non-hydrogen) atoms. The minimum absolute atomic E-state index is 0.0505. The molecular weight excluding hydrogens is 380 g/mol. The third kappa shape index (κ3) is 3.93. The number of rotatable bonds is 5. The van der Waals surface area contributed by atoms with Crippen LogP contribution in [0.25, 0.3) is 0 Å². The summed E-state index contributed by atoms with van der Waals surface area (Å²) in [6.45, 7) is 1.40. The molecular formula is C22H22N6O2. The third-order valence-corrected chi connectivity index (χ3v) is 5.30. The Kier molecular flexibility index (Phi) is 5.55. The Morgan fingerprint density at radius 2 is 2.03 bits per heavy atom. The van der Waals surface area contributed by atoms with Crippen LogP contribution in [0.15, 0.2) is 71.0 Å². The summed E-state index contributed by atoms with van der Waals surface area (Å²) in [5.41, 5.74) is 6.85. The molecule has 2 aliphatic rings. The fraction of sp³-hybridized carbons (Fsp3) is 0.318. The van der Waals surface area contributed by atoms with E-state index in [1.54, 1.807) is 47.6 Å². The molecule has 0 bridgehead atoms. The van der Waals surface area contributed by atoms with Crippen LogP contribution in [-0.2, 0) is 21.7 Å². The SMILES string of the molecule is N#Cc1ccc(C2(C(=O)N3CCC[C@@H](N)C3)C=C(OCc3ccncc3)N=N2)cc1. The number of nitrogens with zero attached hydrogens (tertiary/aromatic N) is 5. The van der Waals surface area contributed by atoms with Crippen LogP contribution < -0.4 is 5.73 Å². The molecule has 8 heteroatoms. The molecule has 1 amide bonds. The zero-order valence-corrected chi connectivity index (χ0v) is 16.4. The topological polar surface area (TPSA) is 117 Å². The van der Waals surface area contributed by atoms with E-state index >= 15 is 0 Å². The highest BCUT2D eigenvalue weighted by atomic mass is 16.5. The van der Waals surface area contributed by atoms with E-state index in [1.807, 2.05) is 12.1 Å². The van der Waals surface area contributed by atoms with Gasteiger partial charge in [0.15, 0.2) is 0 Å². The Hall–Kier alpha value is -3.57. The number of amides is 1. The number of aromatic nitrogens is 1. The molecule has 152 valence electrons. The van der Waals surface area contributed by atoms with Crippen molar-refractivity contribution in [3.05, 3.63) is 77.4 Å². The Bertz CT molecular complexity index is 1010. The van der Waals surface area contributed by atoms with Crippen LogP contribution in [0.2, 0.25) is 0 Å². The van der Waals surface area contributed by atoms with E-state index in [2.05, 4.69) is 21.3 Å². The van der Waals surface area contributed by atoms with Crippen LogP contribution in [0, 0.1) is 11.3 Å². The van der Waals surface area contributed by atoms with E-state index in [1.165, 1.54) is 0 Å². The van der Waals surface area contributed by atoms with Gasteiger partial charge in [0.25, 0.3) is 5.91 Å². The summed E-state index contributed by atoms with van der Waals surface area (Å²) in [5.74, 6) is 0.0967. The number of ether oxygens (including phenoxy) is 1. The number of hydrogen-bond donors (Lipinski definition) is 1. The number of hydrogen-bond acceptors (Lipinski definition) is 7. The van der Waals surface area contributed by atoms with Gasteiger partial charge in [0.2, 0.25) is 11.4 Å². The molecule has 2 atom stereocenters. The van der Waals surface area contributed by atoms with Crippen molar-refractivity contribution >= 4 is 5.91 Å². The molecule has 2 aromatic rings. The molecule has 0 saturated carbocycles. The van der Waals surface area contributed by atoms with Crippen LogP contribution in [-0.4, -0.2) is 34.9 Å². The third-order valence-electron chi connectivity index (χ3n) is 5.30. The van der Waals surface area contributed by atoms with Gasteiger partial charge < -0.3 is 15.4 Å². The van der Waals surface area contributed by atoms with Gasteiger partial charge in [0, 0.05) is 37.6 Å². The van der Waals surface area contributed by atoms with Crippen molar-refractivity contribution in [3.63, 3.8) is 0 Å². The molecule has 8 nitrogen and oxygen atoms in total. The average molecular weight is 402 g/mol. The molecule has 2 aliphatic heterocycles. The lowest BCUT2D eigenvalue weighted by Gasteiger charge is -2.35. The minimum atomic E-state index is -1.32. The number of carbonyl (C=O) groups is 1. The number of nitriles is 1. The second-order valence-electron chi connectivity index (χ2n) is 7.44. The van der Waals surface area contributed by atoms with Gasteiger partial charge in [-0.15, -0.1) is 5.11 Å². The predicted molar refractivity (Wildman–Crippen MR) is 109 cm³/mol. The van der Waals surface area contributed by atoms with Crippen LogP contribution in [0.3, 0.4) is 0 Å². The Labute approximate surface area is 174 Å². The zero-order valence-electron chi connectivity index (χ0n) is 16.4. The number of likely N-dealkylation sites (tertiary alicyclic amines) is 1. The molecule has 1 unspecified atom stereocenters. The van der Waals surface area contributed by atoms with Crippen LogP contribution in [0.5, 0.6) is 0 Å². The van der Waals surface area contributed by atoms with E-state index in [-0.39, 0.29) is 17.8 Å². The largest absolute Gasteiger partial charge is 0.472 e. The lowest BCUT2D eigenvalue weighted by molar-refractivity contribution is -0.136. The maximum atomic E-state index is 13.6. The van der Waals surface area contributed by atoms with Crippen molar-refractivity contribution in [1.82, 2.24) is 9.88 Å². The quantitative estimate of drug-likeness (QED) is 0.825. The molecule has 2 N–H and O–H groups in total. The summed E-state index contributed by atoms with van der Waals surface area (Å²) in [6.07, 6.45) is 6.77. The molecule has 1 aromatic carbocycles. The molecule has 0 aliphatic carbocycles. The first-order chi connectivity index (χ1) is 14.6. The summed E-state index contributed by atoms with van der Waals surface area (Å²) in [5, 5.41) is 17.6. The molecule has 1 aromatic heterocycles. The molecule has 1 fully saturated rings. The summed E-state index contributed by atoms with van der Waals surface area (Å²) < 4.78 is 5.79. The van der Waals surface area contributed by atoms with E-state index in [0.717, 1.165) is 18.4 Å². The smallest absolute Gasteiger partial charge is 0.261 e. The zero-order chi connectivity index (χ0) is 21.0. The van der Waals surface area contributed by atoms with Gasteiger partial charge >= 0.3 is 0 Å². The number of pyridine rings is 1. The van der Waals surface area contributed by atoms with Crippen molar-refractivity contribution in [2.45, 2.75) is 31.0 Å². The number of piperidine rings is 1. The summed E-state index contributed by atoms with van der Waals surface area (Å²) in [7, 11) is 0. The Morgan fingerprint density at radius 1 is 1.27 bits per heavy atom. The molecule has 0 radical (unpaired) electrons. The molecule has 4 rings (SSSR count). The van der Waals surface area contributed by atoms with Gasteiger partial charge in [-0.25, -0.2) is 0 Å². The maximum absolute atomic E-state index is 13.6. The molecule has 1 saturated heterocycles. The Morgan fingerprint density at radius 3 is 2.73 bits per heavy atom. The van der Waals surface area contributed by atoms with E-state index in [0.29, 0.717) is 30.8 Å². The lowest BCUT2D eigenvalue weighted by atomic mass is 9.88. The lowest BCUT2D eigenvalue weighted by Crippen LogP contribution is -2.51. The van der Waals surface area contributed by atoms with E-state index in [9.17, 15) is 4.79 Å². The normalized spacial score (nSPS) is 23.0. The van der Waals surface area contributed by atoms with Crippen LogP contribution >= 0.6 is 0 Å².